The number of carbonyl (C=O) groups is 1. The first kappa shape index (κ1) is 12.6. The van der Waals surface area contributed by atoms with Gasteiger partial charge in [-0.15, -0.1) is 0 Å². The van der Waals surface area contributed by atoms with Crippen LogP contribution in [0.3, 0.4) is 0 Å². The van der Waals surface area contributed by atoms with Crippen molar-refractivity contribution < 1.29 is 4.79 Å². The molecule has 1 saturated heterocycles. The summed E-state index contributed by atoms with van der Waals surface area (Å²) in [5.74, 6) is 1.10. The van der Waals surface area contributed by atoms with Crippen molar-refractivity contribution in [3.05, 3.63) is 35.4 Å². The Bertz CT molecular complexity index is 445. The molecule has 1 aromatic carbocycles. The molecule has 0 aliphatic carbocycles. The first-order valence-electron chi connectivity index (χ1n) is 5.70. The number of hydrogen-bond donors (Lipinski definition) is 0. The largest absolute Gasteiger partial charge is 0.297 e. The van der Waals surface area contributed by atoms with Crippen LogP contribution in [0.2, 0.25) is 0 Å². The van der Waals surface area contributed by atoms with Crippen LogP contribution in [0.25, 0.3) is 0 Å². The maximum absolute atomic E-state index is 12.0. The fraction of sp³-hybridized carbons (Fsp3) is 0.385. The standard InChI is InChI=1S/C13H15NOS2/c1-10-4-2-3-5-11(10)6-7-12(15)14-8-9-17-13(14)16/h2-5H,6-9H2,1H3. The minimum atomic E-state index is 0.156. The monoisotopic (exact) mass is 265 g/mol. The van der Waals surface area contributed by atoms with Crippen LogP contribution in [-0.4, -0.2) is 27.4 Å². The summed E-state index contributed by atoms with van der Waals surface area (Å²) in [5, 5.41) is 0. The van der Waals surface area contributed by atoms with Gasteiger partial charge in [-0.2, -0.15) is 0 Å². The average Bonchev–Trinajstić information content (AvgIpc) is 2.74. The van der Waals surface area contributed by atoms with Crippen molar-refractivity contribution in [2.75, 3.05) is 12.3 Å². The molecule has 4 heteroatoms. The van der Waals surface area contributed by atoms with Gasteiger partial charge in [-0.05, 0) is 24.5 Å². The van der Waals surface area contributed by atoms with Gasteiger partial charge in [-0.1, -0.05) is 48.2 Å². The summed E-state index contributed by atoms with van der Waals surface area (Å²) in [7, 11) is 0. The molecule has 0 atom stereocenters. The van der Waals surface area contributed by atoms with E-state index in [1.807, 2.05) is 12.1 Å². The topological polar surface area (TPSA) is 20.3 Å². The van der Waals surface area contributed by atoms with Gasteiger partial charge in [0.1, 0.15) is 4.32 Å². The Labute approximate surface area is 111 Å². The van der Waals surface area contributed by atoms with Gasteiger partial charge < -0.3 is 0 Å². The molecule has 1 fully saturated rings. The first-order valence-corrected chi connectivity index (χ1v) is 7.09. The molecular weight excluding hydrogens is 250 g/mol. The highest BCUT2D eigenvalue weighted by Crippen LogP contribution is 2.19. The van der Waals surface area contributed by atoms with E-state index in [1.165, 1.54) is 11.1 Å². The maximum atomic E-state index is 12.0. The van der Waals surface area contributed by atoms with Gasteiger partial charge in [0.15, 0.2) is 0 Å². The summed E-state index contributed by atoms with van der Waals surface area (Å²) in [6.07, 6.45) is 1.35. The molecule has 0 radical (unpaired) electrons. The van der Waals surface area contributed by atoms with Crippen molar-refractivity contribution in [1.29, 1.82) is 0 Å². The van der Waals surface area contributed by atoms with Crippen molar-refractivity contribution in [3.63, 3.8) is 0 Å². The van der Waals surface area contributed by atoms with Gasteiger partial charge in [0.05, 0.1) is 0 Å². The van der Waals surface area contributed by atoms with E-state index in [1.54, 1.807) is 16.7 Å². The molecular formula is C13H15NOS2. The molecule has 0 N–H and O–H groups in total. The summed E-state index contributed by atoms with van der Waals surface area (Å²) in [6.45, 7) is 2.85. The molecule has 0 aromatic heterocycles. The van der Waals surface area contributed by atoms with Crippen LogP contribution in [0, 0.1) is 6.92 Å². The Morgan fingerprint density at radius 1 is 1.47 bits per heavy atom. The highest BCUT2D eigenvalue weighted by molar-refractivity contribution is 8.23. The number of nitrogens with zero attached hydrogens (tertiary/aromatic N) is 1. The summed E-state index contributed by atoms with van der Waals surface area (Å²) in [4.78, 5) is 13.7. The van der Waals surface area contributed by atoms with Crippen LogP contribution in [0.15, 0.2) is 24.3 Å². The highest BCUT2D eigenvalue weighted by Gasteiger charge is 2.23. The SMILES string of the molecule is Cc1ccccc1CCC(=O)N1CCSC1=S. The third kappa shape index (κ3) is 3.07. The smallest absolute Gasteiger partial charge is 0.228 e. The number of carbonyl (C=O) groups excluding carboxylic acids is 1. The third-order valence-electron chi connectivity index (χ3n) is 2.93. The fourth-order valence-corrected chi connectivity index (χ4v) is 3.13. The van der Waals surface area contributed by atoms with Crippen molar-refractivity contribution in [3.8, 4) is 0 Å². The second-order valence-corrected chi connectivity index (χ2v) is 5.81. The first-order chi connectivity index (χ1) is 8.18. The van der Waals surface area contributed by atoms with Crippen LogP contribution in [-0.2, 0) is 11.2 Å². The Hall–Kier alpha value is -0.870. The molecule has 1 aliphatic rings. The molecule has 17 heavy (non-hydrogen) atoms. The second kappa shape index (κ2) is 5.65. The molecule has 1 aliphatic heterocycles. The lowest BCUT2D eigenvalue weighted by Crippen LogP contribution is -2.30. The van der Waals surface area contributed by atoms with E-state index >= 15 is 0 Å². The number of thiocarbonyl (C=S) groups is 1. The zero-order chi connectivity index (χ0) is 12.3. The molecule has 1 aromatic rings. The molecule has 2 rings (SSSR count). The fourth-order valence-electron chi connectivity index (χ4n) is 1.89. The number of aryl methyl sites for hydroxylation is 2. The zero-order valence-electron chi connectivity index (χ0n) is 9.81. The van der Waals surface area contributed by atoms with Crippen LogP contribution < -0.4 is 0 Å². The van der Waals surface area contributed by atoms with Crippen LogP contribution in [0.1, 0.15) is 17.5 Å². The molecule has 2 nitrogen and oxygen atoms in total. The summed E-state index contributed by atoms with van der Waals surface area (Å²) in [6, 6.07) is 8.20. The zero-order valence-corrected chi connectivity index (χ0v) is 11.4. The number of hydrogen-bond acceptors (Lipinski definition) is 3. The van der Waals surface area contributed by atoms with E-state index in [-0.39, 0.29) is 5.91 Å². The number of rotatable bonds is 3. The Morgan fingerprint density at radius 3 is 2.88 bits per heavy atom. The van der Waals surface area contributed by atoms with Crippen LogP contribution >= 0.6 is 24.0 Å². The number of benzene rings is 1. The van der Waals surface area contributed by atoms with Crippen LogP contribution in [0.5, 0.6) is 0 Å². The van der Waals surface area contributed by atoms with Crippen LogP contribution in [0.4, 0.5) is 0 Å². The Kier molecular flexibility index (Phi) is 4.18. The maximum Gasteiger partial charge on any atom is 0.228 e. The number of amides is 1. The molecule has 0 bridgehead atoms. The lowest BCUT2D eigenvalue weighted by Gasteiger charge is -2.14. The van der Waals surface area contributed by atoms with Gasteiger partial charge in [0.2, 0.25) is 5.91 Å². The van der Waals surface area contributed by atoms with Crippen molar-refractivity contribution in [2.45, 2.75) is 19.8 Å². The lowest BCUT2D eigenvalue weighted by atomic mass is 10.0. The molecule has 0 saturated carbocycles. The minimum Gasteiger partial charge on any atom is -0.297 e. The van der Waals surface area contributed by atoms with E-state index < -0.39 is 0 Å². The normalized spacial score (nSPS) is 15.4. The Balaban J connectivity index is 1.92. The Morgan fingerprint density at radius 2 is 2.24 bits per heavy atom. The predicted octanol–water partition coefficient (Wildman–Crippen LogP) is 2.79. The van der Waals surface area contributed by atoms with Gasteiger partial charge >= 0.3 is 0 Å². The van der Waals surface area contributed by atoms with Gasteiger partial charge in [0, 0.05) is 18.7 Å². The number of thioether (sulfide) groups is 1. The summed E-state index contributed by atoms with van der Waals surface area (Å²) < 4.78 is 0.736. The molecule has 0 spiro atoms. The molecule has 90 valence electrons. The van der Waals surface area contributed by atoms with Crippen molar-refractivity contribution in [2.24, 2.45) is 0 Å². The quantitative estimate of drug-likeness (QED) is 0.784. The third-order valence-corrected chi connectivity index (χ3v) is 4.36. The van der Waals surface area contributed by atoms with E-state index in [0.29, 0.717) is 6.42 Å². The van der Waals surface area contributed by atoms with Gasteiger partial charge in [0.25, 0.3) is 0 Å². The van der Waals surface area contributed by atoms with Gasteiger partial charge in [-0.3, -0.25) is 9.69 Å². The molecule has 0 unspecified atom stereocenters. The molecule has 1 amide bonds. The van der Waals surface area contributed by atoms with Crippen molar-refractivity contribution >= 4 is 34.2 Å². The van der Waals surface area contributed by atoms with Gasteiger partial charge in [-0.25, -0.2) is 0 Å². The second-order valence-electron chi connectivity index (χ2n) is 4.09. The predicted molar refractivity (Wildman–Crippen MR) is 76.3 cm³/mol. The van der Waals surface area contributed by atoms with E-state index in [9.17, 15) is 4.79 Å². The van der Waals surface area contributed by atoms with E-state index in [2.05, 4.69) is 19.1 Å². The highest BCUT2D eigenvalue weighted by atomic mass is 32.2. The van der Waals surface area contributed by atoms with Crippen molar-refractivity contribution in [1.82, 2.24) is 4.90 Å². The summed E-state index contributed by atoms with van der Waals surface area (Å²) >= 11 is 6.74. The molecule has 1 heterocycles. The average molecular weight is 265 g/mol. The summed E-state index contributed by atoms with van der Waals surface area (Å²) in [5.41, 5.74) is 2.50. The minimum absolute atomic E-state index is 0.156. The lowest BCUT2D eigenvalue weighted by molar-refractivity contribution is -0.126. The van der Waals surface area contributed by atoms with E-state index in [0.717, 1.165) is 23.0 Å². The van der Waals surface area contributed by atoms with E-state index in [4.69, 9.17) is 12.2 Å².